The van der Waals surface area contributed by atoms with Gasteiger partial charge in [-0.1, -0.05) is 71.9 Å². The highest BCUT2D eigenvalue weighted by molar-refractivity contribution is 7.99. The van der Waals surface area contributed by atoms with Crippen LogP contribution in [-0.4, -0.2) is 0 Å². The summed E-state index contributed by atoms with van der Waals surface area (Å²) in [6.45, 7) is 0. The smallest absolute Gasteiger partial charge is 0.0406 e. The van der Waals surface area contributed by atoms with Crippen molar-refractivity contribution in [3.8, 4) is 0 Å². The van der Waals surface area contributed by atoms with E-state index in [-0.39, 0.29) is 0 Å². The molecule has 2 heteroatoms. The molecule has 0 saturated carbocycles. The minimum atomic E-state index is 0.764. The molecule has 1 radical (unpaired) electrons. The van der Waals surface area contributed by atoms with E-state index < -0.39 is 0 Å². The van der Waals surface area contributed by atoms with Gasteiger partial charge in [-0.3, -0.25) is 0 Å². The van der Waals surface area contributed by atoms with Crippen LogP contribution in [0.2, 0.25) is 5.02 Å². The van der Waals surface area contributed by atoms with Crippen molar-refractivity contribution in [3.63, 3.8) is 0 Å². The molecule has 0 nitrogen and oxygen atoms in total. The maximum Gasteiger partial charge on any atom is 0.0406 e. The van der Waals surface area contributed by atoms with Crippen molar-refractivity contribution in [1.29, 1.82) is 0 Å². The lowest BCUT2D eigenvalue weighted by molar-refractivity contribution is 1.45. The summed E-state index contributed by atoms with van der Waals surface area (Å²) in [7, 11) is 0. The summed E-state index contributed by atoms with van der Waals surface area (Å²) in [6, 6.07) is 28.3. The van der Waals surface area contributed by atoms with Gasteiger partial charge < -0.3 is 0 Å². The Kier molecular flexibility index (Phi) is 3.53. The van der Waals surface area contributed by atoms with Gasteiger partial charge in [-0.15, -0.1) is 0 Å². The van der Waals surface area contributed by atoms with Crippen molar-refractivity contribution in [1.82, 2.24) is 0 Å². The molecule has 0 aromatic heterocycles. The molecule has 0 aliphatic carbocycles. The van der Waals surface area contributed by atoms with E-state index in [4.69, 9.17) is 11.6 Å². The zero-order chi connectivity index (χ0) is 14.9. The highest BCUT2D eigenvalue weighted by Crippen LogP contribution is 2.39. The van der Waals surface area contributed by atoms with Gasteiger partial charge in [0, 0.05) is 14.8 Å². The third-order valence-electron chi connectivity index (χ3n) is 3.65. The first-order valence-corrected chi connectivity index (χ1v) is 8.27. The van der Waals surface area contributed by atoms with Crippen molar-refractivity contribution in [2.75, 3.05) is 0 Å². The molecule has 22 heavy (non-hydrogen) atoms. The lowest BCUT2D eigenvalue weighted by Crippen LogP contribution is -1.83. The molecular formula is C20H12ClS. The van der Waals surface area contributed by atoms with E-state index in [0.717, 1.165) is 15.8 Å². The summed E-state index contributed by atoms with van der Waals surface area (Å²) in [5.74, 6) is 0. The van der Waals surface area contributed by atoms with E-state index in [0.29, 0.717) is 0 Å². The summed E-state index contributed by atoms with van der Waals surface area (Å²) in [4.78, 5) is 2.46. The molecule has 4 aromatic carbocycles. The van der Waals surface area contributed by atoms with Crippen LogP contribution in [-0.2, 0) is 0 Å². The predicted octanol–water partition coefficient (Wildman–Crippen LogP) is 6.60. The molecular weight excluding hydrogens is 308 g/mol. The minimum absolute atomic E-state index is 0.764. The summed E-state index contributed by atoms with van der Waals surface area (Å²) >= 11 is 7.77. The highest BCUT2D eigenvalue weighted by atomic mass is 35.5. The third-order valence-corrected chi connectivity index (χ3v) is 5.05. The van der Waals surface area contributed by atoms with E-state index in [9.17, 15) is 0 Å². The molecule has 0 N–H and O–H groups in total. The first-order chi connectivity index (χ1) is 10.8. The van der Waals surface area contributed by atoms with Crippen molar-refractivity contribution in [2.24, 2.45) is 0 Å². The SMILES string of the molecule is Clc1ccc(Sc2c3ccccc3[c]c3ccccc23)cc1. The van der Waals surface area contributed by atoms with Crippen LogP contribution in [0.25, 0.3) is 21.5 Å². The second-order valence-electron chi connectivity index (χ2n) is 5.10. The Morgan fingerprint density at radius 2 is 1.23 bits per heavy atom. The highest BCUT2D eigenvalue weighted by Gasteiger charge is 2.09. The molecule has 0 saturated heterocycles. The number of hydrogen-bond acceptors (Lipinski definition) is 1. The van der Waals surface area contributed by atoms with Crippen molar-refractivity contribution in [2.45, 2.75) is 9.79 Å². The van der Waals surface area contributed by atoms with Crippen molar-refractivity contribution < 1.29 is 0 Å². The molecule has 0 aliphatic heterocycles. The van der Waals surface area contributed by atoms with Gasteiger partial charge in [0.2, 0.25) is 0 Å². The summed E-state index contributed by atoms with van der Waals surface area (Å²) in [5.41, 5.74) is 0. The Hall–Kier alpha value is -1.96. The average Bonchev–Trinajstić information content (AvgIpc) is 2.56. The van der Waals surface area contributed by atoms with Crippen LogP contribution in [0.4, 0.5) is 0 Å². The van der Waals surface area contributed by atoms with Crippen LogP contribution < -0.4 is 0 Å². The first-order valence-electron chi connectivity index (χ1n) is 7.07. The molecule has 4 aromatic rings. The summed E-state index contributed by atoms with van der Waals surface area (Å²) in [5, 5.41) is 5.54. The summed E-state index contributed by atoms with van der Waals surface area (Å²) < 4.78 is 0. The molecule has 0 fully saturated rings. The molecule has 0 spiro atoms. The zero-order valence-electron chi connectivity index (χ0n) is 11.7. The molecule has 0 bridgehead atoms. The second-order valence-corrected chi connectivity index (χ2v) is 6.62. The number of benzene rings is 4. The fourth-order valence-electron chi connectivity index (χ4n) is 2.60. The van der Waals surface area contributed by atoms with E-state index in [1.165, 1.54) is 20.6 Å². The Morgan fingerprint density at radius 1 is 0.682 bits per heavy atom. The fraction of sp³-hybridized carbons (Fsp3) is 0. The van der Waals surface area contributed by atoms with Gasteiger partial charge in [-0.05, 0) is 51.9 Å². The molecule has 0 atom stereocenters. The van der Waals surface area contributed by atoms with Gasteiger partial charge in [-0.2, -0.15) is 0 Å². The molecule has 105 valence electrons. The topological polar surface area (TPSA) is 0 Å². The Balaban J connectivity index is 1.97. The maximum atomic E-state index is 5.99. The van der Waals surface area contributed by atoms with Crippen LogP contribution in [0.15, 0.2) is 82.6 Å². The van der Waals surface area contributed by atoms with Gasteiger partial charge in [0.15, 0.2) is 0 Å². The van der Waals surface area contributed by atoms with E-state index in [1.54, 1.807) is 11.8 Å². The molecule has 0 unspecified atom stereocenters. The van der Waals surface area contributed by atoms with Gasteiger partial charge in [0.1, 0.15) is 0 Å². The normalized spacial score (nSPS) is 11.1. The van der Waals surface area contributed by atoms with Crippen LogP contribution in [0.1, 0.15) is 0 Å². The van der Waals surface area contributed by atoms with Gasteiger partial charge in [0.25, 0.3) is 0 Å². The number of halogens is 1. The average molecular weight is 320 g/mol. The third kappa shape index (κ3) is 2.47. The Bertz CT molecular complexity index is 904. The predicted molar refractivity (Wildman–Crippen MR) is 95.9 cm³/mol. The Morgan fingerprint density at radius 3 is 1.82 bits per heavy atom. The lowest BCUT2D eigenvalue weighted by atomic mass is 10.0. The van der Waals surface area contributed by atoms with Crippen LogP contribution in [0.5, 0.6) is 0 Å². The number of hydrogen-bond donors (Lipinski definition) is 0. The quantitative estimate of drug-likeness (QED) is 0.375. The van der Waals surface area contributed by atoms with Crippen LogP contribution in [0.3, 0.4) is 0 Å². The maximum absolute atomic E-state index is 5.99. The van der Waals surface area contributed by atoms with E-state index in [1.807, 2.05) is 12.1 Å². The van der Waals surface area contributed by atoms with E-state index >= 15 is 0 Å². The van der Waals surface area contributed by atoms with Crippen molar-refractivity contribution in [3.05, 3.63) is 83.9 Å². The van der Waals surface area contributed by atoms with Gasteiger partial charge >= 0.3 is 0 Å². The van der Waals surface area contributed by atoms with Crippen LogP contribution in [0, 0.1) is 6.07 Å². The van der Waals surface area contributed by atoms with Gasteiger partial charge in [-0.25, -0.2) is 0 Å². The molecule has 0 aliphatic rings. The minimum Gasteiger partial charge on any atom is -0.0888 e. The van der Waals surface area contributed by atoms with Crippen LogP contribution >= 0.6 is 23.4 Å². The van der Waals surface area contributed by atoms with Crippen molar-refractivity contribution >= 4 is 44.9 Å². The zero-order valence-corrected chi connectivity index (χ0v) is 13.3. The number of rotatable bonds is 2. The summed E-state index contributed by atoms with van der Waals surface area (Å²) in [6.07, 6.45) is 0. The lowest BCUT2D eigenvalue weighted by Gasteiger charge is -2.11. The largest absolute Gasteiger partial charge is 0.0888 e. The second kappa shape index (κ2) is 5.68. The fourth-order valence-corrected chi connectivity index (χ4v) is 3.81. The van der Waals surface area contributed by atoms with Gasteiger partial charge in [0.05, 0.1) is 0 Å². The standard InChI is InChI=1S/C20H12ClS/c21-16-9-11-17(12-10-16)22-20-18-7-3-1-5-14(18)13-15-6-2-4-8-19(15)20/h1-12H. The Labute approximate surface area is 138 Å². The monoisotopic (exact) mass is 319 g/mol. The molecule has 0 amide bonds. The molecule has 0 heterocycles. The molecule has 4 rings (SSSR count). The number of fused-ring (bicyclic) bond motifs is 2. The van der Waals surface area contributed by atoms with E-state index in [2.05, 4.69) is 66.7 Å². The first kappa shape index (κ1) is 13.7.